The Morgan fingerprint density at radius 2 is 1.82 bits per heavy atom. The normalized spacial score (nSPS) is 23.4. The number of benzene rings is 1. The minimum Gasteiger partial charge on any atom is -0.443 e. The lowest BCUT2D eigenvalue weighted by molar-refractivity contribution is -0.155. The van der Waals surface area contributed by atoms with Gasteiger partial charge in [-0.3, -0.25) is 0 Å². The number of rotatable bonds is 2. The number of aliphatic hydroxyl groups is 1. The van der Waals surface area contributed by atoms with Crippen molar-refractivity contribution in [1.29, 1.82) is 0 Å². The van der Waals surface area contributed by atoms with Gasteiger partial charge in [0, 0.05) is 0 Å². The molecule has 88 valence electrons. The second-order valence-corrected chi connectivity index (χ2v) is 3.38. The van der Waals surface area contributed by atoms with Crippen LogP contribution >= 0.6 is 0 Å². The molecule has 1 aromatic carbocycles. The molecule has 17 heavy (non-hydrogen) atoms. The molecule has 0 aliphatic carbocycles. The third-order valence-electron chi connectivity index (χ3n) is 2.21. The van der Waals surface area contributed by atoms with E-state index in [4.69, 9.17) is 4.74 Å². The van der Waals surface area contributed by atoms with Crippen LogP contribution in [0.4, 0.5) is 0 Å². The molecule has 6 nitrogen and oxygen atoms in total. The fraction of sp³-hybridized carbons (Fsp3) is 0.182. The summed E-state index contributed by atoms with van der Waals surface area (Å²) in [5, 5.41) is 9.25. The summed E-state index contributed by atoms with van der Waals surface area (Å²) in [5.41, 5.74) is 0.215. The Balaban J connectivity index is 2.10. The molecule has 1 aliphatic heterocycles. The molecule has 2 rings (SSSR count). The second-order valence-electron chi connectivity index (χ2n) is 3.38. The lowest BCUT2D eigenvalue weighted by Crippen LogP contribution is -2.33. The summed E-state index contributed by atoms with van der Waals surface area (Å²) in [5.74, 6) is -2.98. The SMILES string of the molecule is O=C(O[C@@H]1C(=O)OC(=O)[C@@H]1O)c1ccccc1. The average Bonchev–Trinajstić information content (AvgIpc) is 2.57. The van der Waals surface area contributed by atoms with E-state index >= 15 is 0 Å². The van der Waals surface area contributed by atoms with E-state index in [1.165, 1.54) is 12.1 Å². The van der Waals surface area contributed by atoms with E-state index < -0.39 is 30.1 Å². The molecule has 1 heterocycles. The van der Waals surface area contributed by atoms with Gasteiger partial charge >= 0.3 is 17.9 Å². The van der Waals surface area contributed by atoms with E-state index in [1.807, 2.05) is 0 Å². The minimum atomic E-state index is -1.75. The summed E-state index contributed by atoms with van der Waals surface area (Å²) in [7, 11) is 0. The van der Waals surface area contributed by atoms with Gasteiger partial charge in [-0.1, -0.05) is 18.2 Å². The van der Waals surface area contributed by atoms with Crippen LogP contribution in [0.25, 0.3) is 0 Å². The summed E-state index contributed by atoms with van der Waals surface area (Å²) in [6.45, 7) is 0. The van der Waals surface area contributed by atoms with Crippen LogP contribution in [0.5, 0.6) is 0 Å². The number of aliphatic hydroxyl groups excluding tert-OH is 1. The fourth-order valence-electron chi connectivity index (χ4n) is 1.34. The van der Waals surface area contributed by atoms with Crippen LogP contribution in [0.15, 0.2) is 30.3 Å². The molecule has 0 radical (unpaired) electrons. The first kappa shape index (κ1) is 11.3. The van der Waals surface area contributed by atoms with Crippen molar-refractivity contribution in [3.8, 4) is 0 Å². The van der Waals surface area contributed by atoms with Crippen molar-refractivity contribution < 1.29 is 29.0 Å². The first-order valence-electron chi connectivity index (χ1n) is 4.79. The van der Waals surface area contributed by atoms with Crippen LogP contribution in [-0.2, 0) is 19.1 Å². The van der Waals surface area contributed by atoms with Crippen LogP contribution in [0.2, 0.25) is 0 Å². The standard InChI is InChI=1S/C11H8O6/c12-7-8(11(15)17-10(7)14)16-9(13)6-4-2-1-3-5-6/h1-5,7-8,12H/t7-,8+/m1/s1. The maximum atomic E-state index is 11.5. The summed E-state index contributed by atoms with van der Waals surface area (Å²) >= 11 is 0. The van der Waals surface area contributed by atoms with Crippen molar-refractivity contribution in [3.05, 3.63) is 35.9 Å². The van der Waals surface area contributed by atoms with Crippen molar-refractivity contribution in [2.45, 2.75) is 12.2 Å². The highest BCUT2D eigenvalue weighted by Crippen LogP contribution is 2.15. The predicted molar refractivity (Wildman–Crippen MR) is 52.8 cm³/mol. The summed E-state index contributed by atoms with van der Waals surface area (Å²) in [6.07, 6.45) is -3.34. The lowest BCUT2D eigenvalue weighted by Gasteiger charge is -2.10. The fourth-order valence-corrected chi connectivity index (χ4v) is 1.34. The van der Waals surface area contributed by atoms with Gasteiger partial charge in [-0.05, 0) is 12.1 Å². The van der Waals surface area contributed by atoms with E-state index in [2.05, 4.69) is 4.74 Å². The Hall–Kier alpha value is -2.21. The molecule has 1 N–H and O–H groups in total. The second kappa shape index (κ2) is 4.34. The molecule has 1 saturated heterocycles. The Labute approximate surface area is 95.8 Å². The van der Waals surface area contributed by atoms with Gasteiger partial charge in [-0.2, -0.15) is 0 Å². The maximum absolute atomic E-state index is 11.5. The Morgan fingerprint density at radius 1 is 1.18 bits per heavy atom. The molecule has 6 heteroatoms. The van der Waals surface area contributed by atoms with E-state index in [0.717, 1.165) is 0 Å². The van der Waals surface area contributed by atoms with E-state index in [-0.39, 0.29) is 5.56 Å². The average molecular weight is 236 g/mol. The monoisotopic (exact) mass is 236 g/mol. The predicted octanol–water partition coefficient (Wildman–Crippen LogP) is -0.344. The third-order valence-corrected chi connectivity index (χ3v) is 2.21. The first-order valence-corrected chi connectivity index (χ1v) is 4.79. The zero-order chi connectivity index (χ0) is 12.4. The van der Waals surface area contributed by atoms with Gasteiger partial charge in [-0.25, -0.2) is 14.4 Å². The Bertz CT molecular complexity index is 466. The zero-order valence-corrected chi connectivity index (χ0v) is 8.53. The van der Waals surface area contributed by atoms with Gasteiger partial charge in [0.1, 0.15) is 0 Å². The van der Waals surface area contributed by atoms with Gasteiger partial charge in [0.05, 0.1) is 5.56 Å². The molecule has 1 aromatic rings. The van der Waals surface area contributed by atoms with Crippen molar-refractivity contribution in [2.75, 3.05) is 0 Å². The molecule has 0 saturated carbocycles. The highest BCUT2D eigenvalue weighted by molar-refractivity contribution is 6.01. The minimum absolute atomic E-state index is 0.215. The number of hydrogen-bond donors (Lipinski definition) is 1. The van der Waals surface area contributed by atoms with Crippen molar-refractivity contribution in [2.24, 2.45) is 0 Å². The molecule has 0 bridgehead atoms. The summed E-state index contributed by atoms with van der Waals surface area (Å²) in [6, 6.07) is 7.91. The van der Waals surface area contributed by atoms with Crippen LogP contribution in [0, 0.1) is 0 Å². The van der Waals surface area contributed by atoms with E-state index in [1.54, 1.807) is 18.2 Å². The van der Waals surface area contributed by atoms with Crippen LogP contribution in [0.1, 0.15) is 10.4 Å². The third kappa shape index (κ3) is 2.16. The highest BCUT2D eigenvalue weighted by atomic mass is 16.6. The molecule has 0 unspecified atom stereocenters. The summed E-state index contributed by atoms with van der Waals surface area (Å²) < 4.78 is 8.83. The quantitative estimate of drug-likeness (QED) is 0.558. The molecule has 2 atom stereocenters. The topological polar surface area (TPSA) is 89.9 Å². The Morgan fingerprint density at radius 3 is 2.35 bits per heavy atom. The van der Waals surface area contributed by atoms with Gasteiger partial charge in [0.25, 0.3) is 0 Å². The van der Waals surface area contributed by atoms with Gasteiger partial charge in [0.15, 0.2) is 0 Å². The zero-order valence-electron chi connectivity index (χ0n) is 8.53. The van der Waals surface area contributed by atoms with E-state index in [9.17, 15) is 19.5 Å². The van der Waals surface area contributed by atoms with Crippen molar-refractivity contribution in [3.63, 3.8) is 0 Å². The van der Waals surface area contributed by atoms with Gasteiger partial charge < -0.3 is 14.6 Å². The number of esters is 3. The Kier molecular flexibility index (Phi) is 2.88. The van der Waals surface area contributed by atoms with Crippen LogP contribution in [0.3, 0.4) is 0 Å². The number of ether oxygens (including phenoxy) is 2. The molecular weight excluding hydrogens is 228 g/mol. The number of cyclic esters (lactones) is 2. The molecule has 1 aliphatic rings. The maximum Gasteiger partial charge on any atom is 0.358 e. The number of carbonyl (C=O) groups excluding carboxylic acids is 3. The number of carbonyl (C=O) groups is 3. The highest BCUT2D eigenvalue weighted by Gasteiger charge is 2.46. The molecule has 0 aromatic heterocycles. The van der Waals surface area contributed by atoms with Crippen LogP contribution in [-0.4, -0.2) is 35.2 Å². The summed E-state index contributed by atoms with van der Waals surface area (Å²) in [4.78, 5) is 33.5. The lowest BCUT2D eigenvalue weighted by atomic mass is 10.2. The smallest absolute Gasteiger partial charge is 0.358 e. The molecule has 0 amide bonds. The molecular formula is C11H8O6. The largest absolute Gasteiger partial charge is 0.443 e. The molecule has 0 spiro atoms. The van der Waals surface area contributed by atoms with Gasteiger partial charge in [0.2, 0.25) is 12.2 Å². The van der Waals surface area contributed by atoms with Gasteiger partial charge in [-0.15, -0.1) is 0 Å². The first-order chi connectivity index (χ1) is 8.09. The van der Waals surface area contributed by atoms with Crippen LogP contribution < -0.4 is 0 Å². The van der Waals surface area contributed by atoms with Crippen molar-refractivity contribution in [1.82, 2.24) is 0 Å². The number of hydrogen-bond acceptors (Lipinski definition) is 6. The van der Waals surface area contributed by atoms with E-state index in [0.29, 0.717) is 0 Å². The van der Waals surface area contributed by atoms with Crippen molar-refractivity contribution >= 4 is 17.9 Å². The molecule has 1 fully saturated rings.